The van der Waals surface area contributed by atoms with Gasteiger partial charge in [0.15, 0.2) is 0 Å². The van der Waals surface area contributed by atoms with Crippen molar-refractivity contribution in [2.75, 3.05) is 23.8 Å². The van der Waals surface area contributed by atoms with Gasteiger partial charge in [-0.25, -0.2) is 0 Å². The fourth-order valence-electron chi connectivity index (χ4n) is 2.32. The minimum atomic E-state index is -0.181. The maximum atomic E-state index is 12.4. The summed E-state index contributed by atoms with van der Waals surface area (Å²) in [5.74, 6) is -0.181. The molecule has 2 rings (SSSR count). The van der Waals surface area contributed by atoms with Crippen LogP contribution in [0.4, 0.5) is 11.4 Å². The van der Waals surface area contributed by atoms with Crippen molar-refractivity contribution in [3.63, 3.8) is 0 Å². The van der Waals surface area contributed by atoms with Crippen LogP contribution in [0.5, 0.6) is 0 Å². The minimum absolute atomic E-state index is 0.181. The number of anilines is 2. The zero-order valence-electron chi connectivity index (χ0n) is 14.4. The van der Waals surface area contributed by atoms with E-state index in [1.165, 1.54) is 5.56 Å². The number of nitrogens with one attached hydrogen (secondary N) is 1. The third kappa shape index (κ3) is 4.55. The lowest BCUT2D eigenvalue weighted by Crippen LogP contribution is -2.20. The van der Waals surface area contributed by atoms with Gasteiger partial charge in [-0.3, -0.25) is 9.78 Å². The van der Waals surface area contributed by atoms with E-state index >= 15 is 0 Å². The van der Waals surface area contributed by atoms with Crippen molar-refractivity contribution in [1.82, 2.24) is 4.98 Å². The SMILES string of the molecule is CCCCN(C)c1ccnc(C(=O)Nc2ccc(C)c(C)c2)c1. The first-order valence-electron chi connectivity index (χ1n) is 8.07. The molecule has 23 heavy (non-hydrogen) atoms. The summed E-state index contributed by atoms with van der Waals surface area (Å²) in [7, 11) is 2.04. The van der Waals surface area contributed by atoms with Crippen LogP contribution in [0, 0.1) is 13.8 Å². The molecule has 122 valence electrons. The number of aromatic nitrogens is 1. The van der Waals surface area contributed by atoms with E-state index in [-0.39, 0.29) is 5.91 Å². The molecule has 1 heterocycles. The van der Waals surface area contributed by atoms with Gasteiger partial charge in [-0.1, -0.05) is 19.4 Å². The molecule has 4 heteroatoms. The lowest BCUT2D eigenvalue weighted by Gasteiger charge is -2.19. The smallest absolute Gasteiger partial charge is 0.274 e. The van der Waals surface area contributed by atoms with Crippen LogP contribution in [0.1, 0.15) is 41.4 Å². The van der Waals surface area contributed by atoms with Crippen molar-refractivity contribution in [3.8, 4) is 0 Å². The Balaban J connectivity index is 2.11. The number of amides is 1. The molecule has 0 aliphatic heterocycles. The molecule has 1 amide bonds. The highest BCUT2D eigenvalue weighted by molar-refractivity contribution is 6.03. The summed E-state index contributed by atoms with van der Waals surface area (Å²) < 4.78 is 0. The van der Waals surface area contributed by atoms with E-state index in [2.05, 4.69) is 29.0 Å². The molecule has 1 N–H and O–H groups in total. The van der Waals surface area contributed by atoms with Crippen LogP contribution in [-0.4, -0.2) is 24.5 Å². The van der Waals surface area contributed by atoms with Gasteiger partial charge in [0.25, 0.3) is 5.91 Å². The van der Waals surface area contributed by atoms with Crippen LogP contribution in [0.3, 0.4) is 0 Å². The maximum Gasteiger partial charge on any atom is 0.274 e. The van der Waals surface area contributed by atoms with Crippen molar-refractivity contribution in [2.45, 2.75) is 33.6 Å². The van der Waals surface area contributed by atoms with E-state index in [1.807, 2.05) is 44.3 Å². The molecule has 1 aromatic heterocycles. The molecular weight excluding hydrogens is 286 g/mol. The number of unbranched alkanes of at least 4 members (excludes halogenated alkanes) is 1. The molecule has 1 aromatic carbocycles. The van der Waals surface area contributed by atoms with Crippen molar-refractivity contribution in [1.29, 1.82) is 0 Å². The average Bonchev–Trinajstić information content (AvgIpc) is 2.56. The zero-order chi connectivity index (χ0) is 16.8. The quantitative estimate of drug-likeness (QED) is 0.870. The van der Waals surface area contributed by atoms with E-state index in [4.69, 9.17) is 0 Å². The van der Waals surface area contributed by atoms with Gasteiger partial charge in [0.05, 0.1) is 0 Å². The first-order chi connectivity index (χ1) is 11.0. The standard InChI is InChI=1S/C19H25N3O/c1-5-6-11-22(4)17-9-10-20-18(13-17)19(23)21-16-8-7-14(2)15(3)12-16/h7-10,12-13H,5-6,11H2,1-4H3,(H,21,23). The summed E-state index contributed by atoms with van der Waals surface area (Å²) in [6.07, 6.45) is 3.96. The number of carbonyl (C=O) groups is 1. The van der Waals surface area contributed by atoms with Gasteiger partial charge in [0, 0.05) is 31.2 Å². The predicted molar refractivity (Wildman–Crippen MR) is 96.3 cm³/mol. The van der Waals surface area contributed by atoms with Crippen LogP contribution < -0.4 is 10.2 Å². The highest BCUT2D eigenvalue weighted by Crippen LogP contribution is 2.17. The zero-order valence-corrected chi connectivity index (χ0v) is 14.4. The van der Waals surface area contributed by atoms with Crippen LogP contribution >= 0.6 is 0 Å². The largest absolute Gasteiger partial charge is 0.374 e. The second-order valence-electron chi connectivity index (χ2n) is 5.93. The Hall–Kier alpha value is -2.36. The molecule has 4 nitrogen and oxygen atoms in total. The number of rotatable bonds is 6. The molecule has 0 atom stereocenters. The topological polar surface area (TPSA) is 45.2 Å². The van der Waals surface area contributed by atoms with E-state index in [1.54, 1.807) is 6.20 Å². The average molecular weight is 311 g/mol. The Labute approximate surface area is 138 Å². The highest BCUT2D eigenvalue weighted by Gasteiger charge is 2.10. The minimum Gasteiger partial charge on any atom is -0.374 e. The predicted octanol–water partition coefficient (Wildman–Crippen LogP) is 4.19. The Bertz CT molecular complexity index is 682. The van der Waals surface area contributed by atoms with Crippen LogP contribution in [0.15, 0.2) is 36.5 Å². The third-order valence-corrected chi connectivity index (χ3v) is 4.03. The summed E-state index contributed by atoms with van der Waals surface area (Å²) in [5, 5.41) is 2.92. The first kappa shape index (κ1) is 17.0. The fourth-order valence-corrected chi connectivity index (χ4v) is 2.32. The van der Waals surface area contributed by atoms with Gasteiger partial charge < -0.3 is 10.2 Å². The van der Waals surface area contributed by atoms with E-state index in [9.17, 15) is 4.79 Å². The van der Waals surface area contributed by atoms with Gasteiger partial charge in [-0.05, 0) is 55.7 Å². The summed E-state index contributed by atoms with van der Waals surface area (Å²) >= 11 is 0. The molecule has 0 aliphatic rings. The summed E-state index contributed by atoms with van der Waals surface area (Å²) in [6.45, 7) is 7.23. The number of benzene rings is 1. The molecule has 0 radical (unpaired) electrons. The van der Waals surface area contributed by atoms with Gasteiger partial charge in [0.1, 0.15) is 5.69 Å². The molecule has 0 saturated heterocycles. The number of carbonyl (C=O) groups excluding carboxylic acids is 1. The number of hydrogen-bond acceptors (Lipinski definition) is 3. The summed E-state index contributed by atoms with van der Waals surface area (Å²) in [4.78, 5) is 18.8. The number of aryl methyl sites for hydroxylation is 2. The molecular formula is C19H25N3O. The van der Waals surface area contributed by atoms with Crippen molar-refractivity contribution in [2.24, 2.45) is 0 Å². The number of hydrogen-bond donors (Lipinski definition) is 1. The Morgan fingerprint density at radius 1 is 1.17 bits per heavy atom. The Morgan fingerprint density at radius 3 is 2.65 bits per heavy atom. The monoisotopic (exact) mass is 311 g/mol. The fraction of sp³-hybridized carbons (Fsp3) is 0.368. The van der Waals surface area contributed by atoms with E-state index in [0.29, 0.717) is 5.69 Å². The molecule has 0 saturated carbocycles. The second kappa shape index (κ2) is 7.77. The number of pyridine rings is 1. The van der Waals surface area contributed by atoms with Crippen LogP contribution in [-0.2, 0) is 0 Å². The molecule has 0 bridgehead atoms. The number of nitrogens with zero attached hydrogens (tertiary/aromatic N) is 2. The second-order valence-corrected chi connectivity index (χ2v) is 5.93. The van der Waals surface area contributed by atoms with Crippen LogP contribution in [0.2, 0.25) is 0 Å². The van der Waals surface area contributed by atoms with Crippen molar-refractivity contribution >= 4 is 17.3 Å². The van der Waals surface area contributed by atoms with Gasteiger partial charge in [-0.15, -0.1) is 0 Å². The maximum absolute atomic E-state index is 12.4. The van der Waals surface area contributed by atoms with Gasteiger partial charge in [0.2, 0.25) is 0 Å². The molecule has 0 aliphatic carbocycles. The molecule has 0 spiro atoms. The molecule has 0 fully saturated rings. The van der Waals surface area contributed by atoms with Crippen molar-refractivity contribution in [3.05, 3.63) is 53.3 Å². The summed E-state index contributed by atoms with van der Waals surface area (Å²) in [5.41, 5.74) is 4.61. The highest BCUT2D eigenvalue weighted by atomic mass is 16.1. The van der Waals surface area contributed by atoms with E-state index < -0.39 is 0 Å². The van der Waals surface area contributed by atoms with Crippen LogP contribution in [0.25, 0.3) is 0 Å². The third-order valence-electron chi connectivity index (χ3n) is 4.03. The first-order valence-corrected chi connectivity index (χ1v) is 8.07. The normalized spacial score (nSPS) is 10.4. The Morgan fingerprint density at radius 2 is 1.96 bits per heavy atom. The summed E-state index contributed by atoms with van der Waals surface area (Å²) in [6, 6.07) is 9.67. The molecule has 0 unspecified atom stereocenters. The van der Waals surface area contributed by atoms with Gasteiger partial charge >= 0.3 is 0 Å². The lowest BCUT2D eigenvalue weighted by molar-refractivity contribution is 0.102. The van der Waals surface area contributed by atoms with Crippen molar-refractivity contribution < 1.29 is 4.79 Å². The molecule has 2 aromatic rings. The van der Waals surface area contributed by atoms with Gasteiger partial charge in [-0.2, -0.15) is 0 Å². The lowest BCUT2D eigenvalue weighted by atomic mass is 10.1. The van der Waals surface area contributed by atoms with E-state index in [0.717, 1.165) is 36.3 Å². The Kier molecular flexibility index (Phi) is 5.74.